The molecule has 4 aliphatic rings. The number of ether oxygens (including phenoxy) is 1. The maximum absolute atomic E-state index is 6.07. The Bertz CT molecular complexity index is 532. The van der Waals surface area contributed by atoms with Crippen LogP contribution < -0.4 is 5.32 Å². The minimum absolute atomic E-state index is 0. The molecule has 4 unspecified atom stereocenters. The highest BCUT2D eigenvalue weighted by Crippen LogP contribution is 2.47. The average Bonchev–Trinajstić information content (AvgIpc) is 3.20. The second-order valence-corrected chi connectivity index (χ2v) is 6.94. The van der Waals surface area contributed by atoms with Crippen LogP contribution in [0.3, 0.4) is 0 Å². The summed E-state index contributed by atoms with van der Waals surface area (Å²) in [7, 11) is 0. The van der Waals surface area contributed by atoms with Gasteiger partial charge in [0.05, 0.1) is 12.2 Å². The summed E-state index contributed by atoms with van der Waals surface area (Å²) in [4.78, 5) is 2.67. The number of rotatable bonds is 2. The van der Waals surface area contributed by atoms with E-state index in [0.29, 0.717) is 12.2 Å². The van der Waals surface area contributed by atoms with Crippen molar-refractivity contribution in [2.75, 3.05) is 25.0 Å². The first-order chi connectivity index (χ1) is 9.88. The Morgan fingerprint density at radius 2 is 1.90 bits per heavy atom. The smallest absolute Gasteiger partial charge is 0.0624 e. The minimum Gasteiger partial charge on any atom is -0.384 e. The number of hydrogen-bond donors (Lipinski definition) is 1. The highest BCUT2D eigenvalue weighted by Gasteiger charge is 2.52. The molecule has 3 fully saturated rings. The van der Waals surface area contributed by atoms with Gasteiger partial charge >= 0.3 is 0 Å². The van der Waals surface area contributed by atoms with Gasteiger partial charge in [-0.2, -0.15) is 0 Å². The van der Waals surface area contributed by atoms with Crippen LogP contribution >= 0.6 is 12.4 Å². The van der Waals surface area contributed by atoms with Crippen LogP contribution in [0.25, 0.3) is 0 Å². The van der Waals surface area contributed by atoms with E-state index in [2.05, 4.69) is 28.4 Å². The van der Waals surface area contributed by atoms with Gasteiger partial charge in [-0.15, -0.1) is 12.4 Å². The third-order valence-electron chi connectivity index (χ3n) is 5.86. The summed E-state index contributed by atoms with van der Waals surface area (Å²) >= 11 is 0. The van der Waals surface area contributed by atoms with Gasteiger partial charge in [0.25, 0.3) is 0 Å². The predicted octanol–water partition coefficient (Wildman–Crippen LogP) is 2.69. The summed E-state index contributed by atoms with van der Waals surface area (Å²) in [6.07, 6.45) is 4.96. The lowest BCUT2D eigenvalue weighted by Gasteiger charge is -2.20. The highest BCUT2D eigenvalue weighted by molar-refractivity contribution is 5.85. The van der Waals surface area contributed by atoms with Crippen LogP contribution in [0, 0.1) is 11.8 Å². The van der Waals surface area contributed by atoms with Crippen LogP contribution in [-0.4, -0.2) is 36.7 Å². The standard InChI is InChI=1S/C17H22N2O.ClH/c1-2-11-6-7-18-17(11)12(3-1)8-19-9-13-14(10-19)16-5-4-15(13)20-16;/h1-3,13-16,18H,4-10H2;1H. The van der Waals surface area contributed by atoms with Gasteiger partial charge in [-0.25, -0.2) is 0 Å². The van der Waals surface area contributed by atoms with E-state index in [9.17, 15) is 0 Å². The molecule has 114 valence electrons. The number of hydrogen-bond acceptors (Lipinski definition) is 3. The molecule has 1 aromatic carbocycles. The van der Waals surface area contributed by atoms with Crippen molar-refractivity contribution < 1.29 is 4.74 Å². The van der Waals surface area contributed by atoms with Crippen LogP contribution in [0.2, 0.25) is 0 Å². The normalized spacial score (nSPS) is 36.2. The third kappa shape index (κ3) is 2.09. The molecule has 0 radical (unpaired) electrons. The molecule has 0 saturated carbocycles. The minimum atomic E-state index is 0. The zero-order valence-electron chi connectivity index (χ0n) is 12.3. The van der Waals surface area contributed by atoms with Crippen molar-refractivity contribution in [3.63, 3.8) is 0 Å². The second kappa shape index (κ2) is 5.15. The second-order valence-electron chi connectivity index (χ2n) is 6.94. The number of likely N-dealkylation sites (tertiary alicyclic amines) is 1. The molecule has 4 aliphatic heterocycles. The number of fused-ring (bicyclic) bond motifs is 6. The van der Waals surface area contributed by atoms with E-state index < -0.39 is 0 Å². The molecule has 4 heteroatoms. The zero-order valence-corrected chi connectivity index (χ0v) is 13.1. The van der Waals surface area contributed by atoms with Crippen LogP contribution in [-0.2, 0) is 17.7 Å². The fraction of sp³-hybridized carbons (Fsp3) is 0.647. The van der Waals surface area contributed by atoms with Gasteiger partial charge in [-0.1, -0.05) is 18.2 Å². The average molecular weight is 307 g/mol. The van der Waals surface area contributed by atoms with E-state index in [0.717, 1.165) is 24.9 Å². The first-order valence-corrected chi connectivity index (χ1v) is 8.11. The quantitative estimate of drug-likeness (QED) is 0.909. The van der Waals surface area contributed by atoms with E-state index >= 15 is 0 Å². The number of nitrogens with zero attached hydrogens (tertiary/aromatic N) is 1. The molecule has 3 nitrogen and oxygen atoms in total. The molecule has 3 saturated heterocycles. The van der Waals surface area contributed by atoms with E-state index in [1.54, 1.807) is 0 Å². The Labute approximate surface area is 132 Å². The Kier molecular flexibility index (Phi) is 3.40. The summed E-state index contributed by atoms with van der Waals surface area (Å²) in [6.45, 7) is 4.71. The van der Waals surface area contributed by atoms with Gasteiger partial charge in [-0.3, -0.25) is 4.90 Å². The lowest BCUT2D eigenvalue weighted by molar-refractivity contribution is 0.0697. The number of halogens is 1. The fourth-order valence-corrected chi connectivity index (χ4v) is 4.96. The summed E-state index contributed by atoms with van der Waals surface area (Å²) in [6, 6.07) is 6.80. The van der Waals surface area contributed by atoms with Crippen molar-refractivity contribution in [1.29, 1.82) is 0 Å². The molecule has 0 spiro atoms. The Morgan fingerprint density at radius 3 is 2.67 bits per heavy atom. The van der Waals surface area contributed by atoms with Crippen molar-refractivity contribution in [3.05, 3.63) is 29.3 Å². The Morgan fingerprint density at radius 1 is 1.14 bits per heavy atom. The number of anilines is 1. The van der Waals surface area contributed by atoms with Crippen LogP contribution in [0.4, 0.5) is 5.69 Å². The molecule has 4 heterocycles. The molecule has 1 aromatic rings. The number of benzene rings is 1. The molecule has 5 rings (SSSR count). The van der Waals surface area contributed by atoms with Gasteiger partial charge in [0, 0.05) is 43.7 Å². The van der Waals surface area contributed by atoms with Gasteiger partial charge in [0.2, 0.25) is 0 Å². The molecule has 0 aromatic heterocycles. The van der Waals surface area contributed by atoms with Crippen LogP contribution in [0.1, 0.15) is 24.0 Å². The fourth-order valence-electron chi connectivity index (χ4n) is 4.96. The highest BCUT2D eigenvalue weighted by atomic mass is 35.5. The van der Waals surface area contributed by atoms with Crippen molar-refractivity contribution in [3.8, 4) is 0 Å². The molecular weight excluding hydrogens is 284 g/mol. The first kappa shape index (κ1) is 13.9. The van der Waals surface area contributed by atoms with Crippen molar-refractivity contribution in [2.45, 2.75) is 38.0 Å². The molecule has 2 bridgehead atoms. The monoisotopic (exact) mass is 306 g/mol. The third-order valence-corrected chi connectivity index (χ3v) is 5.86. The molecular formula is C17H23ClN2O. The van der Waals surface area contributed by atoms with Crippen molar-refractivity contribution in [2.24, 2.45) is 11.8 Å². The first-order valence-electron chi connectivity index (χ1n) is 8.11. The Balaban J connectivity index is 0.00000115. The van der Waals surface area contributed by atoms with Gasteiger partial charge in [0.1, 0.15) is 0 Å². The summed E-state index contributed by atoms with van der Waals surface area (Å²) in [5, 5.41) is 3.57. The zero-order chi connectivity index (χ0) is 13.1. The molecule has 0 aliphatic carbocycles. The van der Waals surface area contributed by atoms with Crippen LogP contribution in [0.15, 0.2) is 18.2 Å². The lowest BCUT2D eigenvalue weighted by Crippen LogP contribution is -2.24. The summed E-state index contributed by atoms with van der Waals surface area (Å²) in [5.41, 5.74) is 4.42. The van der Waals surface area contributed by atoms with Gasteiger partial charge in [-0.05, 0) is 30.4 Å². The van der Waals surface area contributed by atoms with E-state index in [-0.39, 0.29) is 12.4 Å². The van der Waals surface area contributed by atoms with Gasteiger partial charge in [0.15, 0.2) is 0 Å². The molecule has 21 heavy (non-hydrogen) atoms. The Hall–Kier alpha value is -0.770. The lowest BCUT2D eigenvalue weighted by atomic mass is 9.82. The number of para-hydroxylation sites is 1. The van der Waals surface area contributed by atoms with Crippen molar-refractivity contribution >= 4 is 18.1 Å². The topological polar surface area (TPSA) is 24.5 Å². The largest absolute Gasteiger partial charge is 0.384 e. The van der Waals surface area contributed by atoms with Crippen LogP contribution in [0.5, 0.6) is 0 Å². The summed E-state index contributed by atoms with van der Waals surface area (Å²) < 4.78 is 6.07. The molecule has 4 atom stereocenters. The molecule has 1 N–H and O–H groups in total. The van der Waals surface area contributed by atoms with E-state index in [1.807, 2.05) is 0 Å². The number of nitrogens with one attached hydrogen (secondary N) is 1. The summed E-state index contributed by atoms with van der Waals surface area (Å²) in [5.74, 6) is 1.64. The van der Waals surface area contributed by atoms with Crippen molar-refractivity contribution in [1.82, 2.24) is 4.90 Å². The van der Waals surface area contributed by atoms with E-state index in [4.69, 9.17) is 4.74 Å². The SMILES string of the molecule is Cl.c1cc2c(c(CN3CC4C5CCC(O5)C4C3)c1)NCC2. The van der Waals surface area contributed by atoms with Gasteiger partial charge < -0.3 is 10.1 Å². The molecule has 0 amide bonds. The predicted molar refractivity (Wildman–Crippen MR) is 86.0 cm³/mol. The maximum Gasteiger partial charge on any atom is 0.0624 e. The van der Waals surface area contributed by atoms with E-state index in [1.165, 1.54) is 49.2 Å². The maximum atomic E-state index is 6.07.